The fraction of sp³-hybridized carbons (Fsp3) is 0.467. The fourth-order valence-corrected chi connectivity index (χ4v) is 2.88. The van der Waals surface area contributed by atoms with Crippen molar-refractivity contribution in [2.75, 3.05) is 6.61 Å². The molecule has 2 heterocycles. The van der Waals surface area contributed by atoms with Crippen molar-refractivity contribution in [2.24, 2.45) is 0 Å². The van der Waals surface area contributed by atoms with Gasteiger partial charge in [-0.25, -0.2) is 0 Å². The molecule has 106 valence electrons. The van der Waals surface area contributed by atoms with Gasteiger partial charge in [-0.3, -0.25) is 0 Å². The number of nitrogens with zero attached hydrogens (tertiary/aromatic N) is 2. The first kappa shape index (κ1) is 13.5. The van der Waals surface area contributed by atoms with Gasteiger partial charge in [-0.2, -0.15) is 0 Å². The molecule has 1 aliphatic heterocycles. The maximum atomic E-state index is 5.53. The first-order chi connectivity index (χ1) is 9.51. The van der Waals surface area contributed by atoms with Crippen LogP contribution in [0.25, 0.3) is 10.6 Å². The minimum atomic E-state index is 0.0940. The van der Waals surface area contributed by atoms with Crippen LogP contribution in [0.15, 0.2) is 18.2 Å². The molecule has 0 amide bonds. The molecule has 0 spiro atoms. The van der Waals surface area contributed by atoms with Crippen molar-refractivity contribution in [3.8, 4) is 16.3 Å². The van der Waals surface area contributed by atoms with Gasteiger partial charge < -0.3 is 10.1 Å². The van der Waals surface area contributed by atoms with Crippen molar-refractivity contribution in [1.82, 2.24) is 15.5 Å². The van der Waals surface area contributed by atoms with Crippen LogP contribution in [0.5, 0.6) is 5.75 Å². The molecule has 0 atom stereocenters. The Morgan fingerprint density at radius 1 is 1.30 bits per heavy atom. The van der Waals surface area contributed by atoms with E-state index in [2.05, 4.69) is 48.4 Å². The standard InChI is InChI=1S/C15H19N3OS/c1-15(2,3)16-9-13-17-18-14(20-13)11-4-5-12-10(8-11)6-7-19-12/h4-5,8,16H,6-7,9H2,1-3H3. The van der Waals surface area contributed by atoms with Gasteiger partial charge in [-0.05, 0) is 44.5 Å². The molecule has 1 aliphatic rings. The van der Waals surface area contributed by atoms with Gasteiger partial charge in [0.25, 0.3) is 0 Å². The van der Waals surface area contributed by atoms with Crippen LogP contribution in [0.2, 0.25) is 0 Å². The predicted molar refractivity (Wildman–Crippen MR) is 81.1 cm³/mol. The Hall–Kier alpha value is -1.46. The topological polar surface area (TPSA) is 47.0 Å². The van der Waals surface area contributed by atoms with Crippen LogP contribution >= 0.6 is 11.3 Å². The van der Waals surface area contributed by atoms with Gasteiger partial charge in [0.2, 0.25) is 0 Å². The highest BCUT2D eigenvalue weighted by molar-refractivity contribution is 7.14. The molecule has 2 aromatic rings. The van der Waals surface area contributed by atoms with E-state index in [9.17, 15) is 0 Å². The normalized spacial score (nSPS) is 14.2. The molecular formula is C15H19N3OS. The quantitative estimate of drug-likeness (QED) is 0.943. The molecule has 0 bridgehead atoms. The molecule has 0 saturated carbocycles. The third-order valence-corrected chi connectivity index (χ3v) is 4.15. The average Bonchev–Trinajstić information content (AvgIpc) is 3.03. The molecule has 20 heavy (non-hydrogen) atoms. The zero-order valence-corrected chi connectivity index (χ0v) is 12.9. The van der Waals surface area contributed by atoms with Crippen molar-refractivity contribution in [1.29, 1.82) is 0 Å². The van der Waals surface area contributed by atoms with Crippen molar-refractivity contribution < 1.29 is 4.74 Å². The van der Waals surface area contributed by atoms with E-state index in [-0.39, 0.29) is 5.54 Å². The second-order valence-corrected chi connectivity index (χ2v) is 7.09. The number of aromatic nitrogens is 2. The zero-order chi connectivity index (χ0) is 14.2. The summed E-state index contributed by atoms with van der Waals surface area (Å²) < 4.78 is 5.53. The monoisotopic (exact) mass is 289 g/mol. The van der Waals surface area contributed by atoms with Gasteiger partial charge in [0, 0.05) is 17.5 Å². The smallest absolute Gasteiger partial charge is 0.147 e. The van der Waals surface area contributed by atoms with Crippen LogP contribution in [-0.4, -0.2) is 22.3 Å². The molecule has 5 heteroatoms. The maximum absolute atomic E-state index is 5.53. The van der Waals surface area contributed by atoms with Gasteiger partial charge in [-0.1, -0.05) is 11.3 Å². The predicted octanol–water partition coefficient (Wildman–Crippen LogP) is 3.03. The van der Waals surface area contributed by atoms with E-state index in [0.717, 1.165) is 40.9 Å². The van der Waals surface area contributed by atoms with Crippen LogP contribution in [0.3, 0.4) is 0 Å². The number of hydrogen-bond donors (Lipinski definition) is 1. The van der Waals surface area contributed by atoms with Gasteiger partial charge in [-0.15, -0.1) is 10.2 Å². The highest BCUT2D eigenvalue weighted by atomic mass is 32.1. The van der Waals surface area contributed by atoms with Crippen LogP contribution in [0.4, 0.5) is 0 Å². The summed E-state index contributed by atoms with van der Waals surface area (Å²) in [6, 6.07) is 6.27. The molecule has 0 aliphatic carbocycles. The van der Waals surface area contributed by atoms with Crippen LogP contribution in [0.1, 0.15) is 31.3 Å². The van der Waals surface area contributed by atoms with E-state index in [1.807, 2.05) is 6.07 Å². The van der Waals surface area contributed by atoms with Gasteiger partial charge in [0.05, 0.1) is 13.2 Å². The van der Waals surface area contributed by atoms with Crippen LogP contribution in [-0.2, 0) is 13.0 Å². The second-order valence-electron chi connectivity index (χ2n) is 6.03. The minimum Gasteiger partial charge on any atom is -0.493 e. The lowest BCUT2D eigenvalue weighted by molar-refractivity contribution is 0.357. The summed E-state index contributed by atoms with van der Waals surface area (Å²) in [6.45, 7) is 7.99. The van der Waals surface area contributed by atoms with E-state index in [1.54, 1.807) is 11.3 Å². The Balaban J connectivity index is 1.76. The first-order valence-electron chi connectivity index (χ1n) is 6.85. The Kier molecular flexibility index (Phi) is 3.48. The average molecular weight is 289 g/mol. The van der Waals surface area contributed by atoms with E-state index in [0.29, 0.717) is 0 Å². The molecule has 0 unspecified atom stereocenters. The maximum Gasteiger partial charge on any atom is 0.147 e. The summed E-state index contributed by atoms with van der Waals surface area (Å²) in [5.41, 5.74) is 2.50. The SMILES string of the molecule is CC(C)(C)NCc1nnc(-c2ccc3c(c2)CCO3)s1. The molecule has 1 aromatic heterocycles. The number of hydrogen-bond acceptors (Lipinski definition) is 5. The van der Waals surface area contributed by atoms with E-state index in [4.69, 9.17) is 4.74 Å². The lowest BCUT2D eigenvalue weighted by atomic mass is 10.1. The molecule has 3 rings (SSSR count). The number of ether oxygens (including phenoxy) is 1. The van der Waals surface area contributed by atoms with Gasteiger partial charge in [0.15, 0.2) is 0 Å². The summed E-state index contributed by atoms with van der Waals surface area (Å²) in [7, 11) is 0. The molecule has 4 nitrogen and oxygen atoms in total. The van der Waals surface area contributed by atoms with Crippen molar-refractivity contribution >= 4 is 11.3 Å². The molecule has 0 fully saturated rings. The molecule has 1 N–H and O–H groups in total. The van der Waals surface area contributed by atoms with Crippen molar-refractivity contribution in [3.05, 3.63) is 28.8 Å². The largest absolute Gasteiger partial charge is 0.493 e. The Bertz CT molecular complexity index is 616. The summed E-state index contributed by atoms with van der Waals surface area (Å²) in [4.78, 5) is 0. The Morgan fingerprint density at radius 2 is 2.15 bits per heavy atom. The number of nitrogens with one attached hydrogen (secondary N) is 1. The highest BCUT2D eigenvalue weighted by Crippen LogP contribution is 2.31. The van der Waals surface area contributed by atoms with Crippen LogP contribution < -0.4 is 10.1 Å². The molecule has 0 saturated heterocycles. The summed E-state index contributed by atoms with van der Waals surface area (Å²) >= 11 is 1.65. The Labute approximate surface area is 123 Å². The van der Waals surface area contributed by atoms with Crippen LogP contribution in [0, 0.1) is 0 Å². The van der Waals surface area contributed by atoms with Gasteiger partial charge in [0.1, 0.15) is 15.8 Å². The minimum absolute atomic E-state index is 0.0940. The number of rotatable bonds is 3. The summed E-state index contributed by atoms with van der Waals surface area (Å²) in [5.74, 6) is 1.01. The van der Waals surface area contributed by atoms with E-state index >= 15 is 0 Å². The van der Waals surface area contributed by atoms with Crippen molar-refractivity contribution in [3.63, 3.8) is 0 Å². The highest BCUT2D eigenvalue weighted by Gasteiger charge is 2.15. The molecular weight excluding hydrogens is 270 g/mol. The third-order valence-electron chi connectivity index (χ3n) is 3.17. The zero-order valence-electron chi connectivity index (χ0n) is 12.1. The van der Waals surface area contributed by atoms with Crippen molar-refractivity contribution in [2.45, 2.75) is 39.3 Å². The first-order valence-corrected chi connectivity index (χ1v) is 7.66. The third kappa shape index (κ3) is 2.99. The summed E-state index contributed by atoms with van der Waals surface area (Å²) in [6.07, 6.45) is 0.987. The van der Waals surface area contributed by atoms with E-state index < -0.39 is 0 Å². The molecule has 0 radical (unpaired) electrons. The van der Waals surface area contributed by atoms with E-state index in [1.165, 1.54) is 5.56 Å². The number of benzene rings is 1. The number of fused-ring (bicyclic) bond motifs is 1. The lowest BCUT2D eigenvalue weighted by Crippen LogP contribution is -2.35. The summed E-state index contributed by atoms with van der Waals surface area (Å²) in [5, 5.41) is 14.0. The fourth-order valence-electron chi connectivity index (χ4n) is 2.10. The lowest BCUT2D eigenvalue weighted by Gasteiger charge is -2.19. The second kappa shape index (κ2) is 5.14. The molecule has 1 aromatic carbocycles. The van der Waals surface area contributed by atoms with Gasteiger partial charge >= 0.3 is 0 Å². The Morgan fingerprint density at radius 3 is 2.95 bits per heavy atom.